The molecule has 0 aromatic rings. The summed E-state index contributed by atoms with van der Waals surface area (Å²) in [5.41, 5.74) is 0. The SMILES string of the molecule is CC/C=C\C/C=C\C/C=C\C/C=C\CCCCC(=O)OC(COC(=O)CCCCCCCCCCCCCCCCCCCCCCCCCC)COC1OC(CO)C(O)C(O)C1O. The molecule has 64 heavy (non-hydrogen) atoms. The van der Waals surface area contributed by atoms with Crippen LogP contribution in [0.1, 0.15) is 226 Å². The molecule has 1 saturated heterocycles. The second-order valence-electron chi connectivity index (χ2n) is 18.0. The monoisotopic (exact) mass is 905 g/mol. The molecule has 0 bridgehead atoms. The van der Waals surface area contributed by atoms with Crippen LogP contribution in [0.5, 0.6) is 0 Å². The van der Waals surface area contributed by atoms with Crippen molar-refractivity contribution >= 4 is 11.9 Å². The fourth-order valence-corrected chi connectivity index (χ4v) is 7.89. The highest BCUT2D eigenvalue weighted by Crippen LogP contribution is 2.23. The number of carbonyl (C=O) groups is 2. The van der Waals surface area contributed by atoms with Gasteiger partial charge in [-0.3, -0.25) is 9.59 Å². The first kappa shape index (κ1) is 59.7. The van der Waals surface area contributed by atoms with Gasteiger partial charge in [0.25, 0.3) is 0 Å². The second kappa shape index (κ2) is 44.5. The van der Waals surface area contributed by atoms with Crippen LogP contribution in [0.4, 0.5) is 0 Å². The minimum Gasteiger partial charge on any atom is -0.462 e. The molecule has 10 nitrogen and oxygen atoms in total. The molecule has 10 heteroatoms. The lowest BCUT2D eigenvalue weighted by Gasteiger charge is -2.39. The van der Waals surface area contributed by atoms with Crippen molar-refractivity contribution in [2.75, 3.05) is 19.8 Å². The van der Waals surface area contributed by atoms with E-state index in [0.29, 0.717) is 6.42 Å². The Balaban J connectivity index is 2.22. The molecule has 372 valence electrons. The summed E-state index contributed by atoms with van der Waals surface area (Å²) >= 11 is 0. The van der Waals surface area contributed by atoms with Crippen LogP contribution in [0.2, 0.25) is 0 Å². The summed E-state index contributed by atoms with van der Waals surface area (Å²) < 4.78 is 22.2. The molecule has 0 spiro atoms. The van der Waals surface area contributed by atoms with Crippen LogP contribution >= 0.6 is 0 Å². The van der Waals surface area contributed by atoms with Gasteiger partial charge in [-0.05, 0) is 51.4 Å². The van der Waals surface area contributed by atoms with Crippen LogP contribution in [0, 0.1) is 0 Å². The van der Waals surface area contributed by atoms with Crippen LogP contribution in [0.25, 0.3) is 0 Å². The highest BCUT2D eigenvalue weighted by molar-refractivity contribution is 5.70. The van der Waals surface area contributed by atoms with Gasteiger partial charge in [0, 0.05) is 12.8 Å². The average molecular weight is 905 g/mol. The zero-order chi connectivity index (χ0) is 46.6. The number of aliphatic hydroxyl groups excluding tert-OH is 4. The van der Waals surface area contributed by atoms with Crippen molar-refractivity contribution < 1.29 is 49.0 Å². The number of hydrogen-bond donors (Lipinski definition) is 4. The number of hydrogen-bond acceptors (Lipinski definition) is 10. The maximum absolute atomic E-state index is 12.8. The van der Waals surface area contributed by atoms with Crippen LogP contribution < -0.4 is 0 Å². The molecule has 0 aliphatic carbocycles. The molecule has 0 aromatic carbocycles. The maximum Gasteiger partial charge on any atom is 0.306 e. The van der Waals surface area contributed by atoms with Gasteiger partial charge >= 0.3 is 11.9 Å². The number of unbranched alkanes of at least 4 members (excludes halogenated alkanes) is 25. The van der Waals surface area contributed by atoms with E-state index in [1.807, 2.05) is 0 Å². The molecule has 6 unspecified atom stereocenters. The first-order valence-corrected chi connectivity index (χ1v) is 26.2. The maximum atomic E-state index is 12.8. The molecule has 0 saturated carbocycles. The number of rotatable bonds is 44. The predicted molar refractivity (Wildman–Crippen MR) is 261 cm³/mol. The van der Waals surface area contributed by atoms with Crippen molar-refractivity contribution in [1.29, 1.82) is 0 Å². The summed E-state index contributed by atoms with van der Waals surface area (Å²) in [6, 6.07) is 0. The van der Waals surface area contributed by atoms with Crippen molar-refractivity contribution in [2.24, 2.45) is 0 Å². The number of allylic oxidation sites excluding steroid dienone is 8. The molecule has 1 aliphatic heterocycles. The van der Waals surface area contributed by atoms with Gasteiger partial charge in [-0.1, -0.05) is 210 Å². The van der Waals surface area contributed by atoms with Gasteiger partial charge < -0.3 is 39.4 Å². The van der Waals surface area contributed by atoms with E-state index in [1.165, 1.54) is 135 Å². The Morgan fingerprint density at radius 3 is 1.39 bits per heavy atom. The molecule has 0 amide bonds. The van der Waals surface area contributed by atoms with E-state index in [9.17, 15) is 30.0 Å². The number of carbonyl (C=O) groups excluding carboxylic acids is 2. The zero-order valence-electron chi connectivity index (χ0n) is 40.8. The van der Waals surface area contributed by atoms with Crippen molar-refractivity contribution in [1.82, 2.24) is 0 Å². The van der Waals surface area contributed by atoms with Gasteiger partial charge in [0.1, 0.15) is 31.0 Å². The number of ether oxygens (including phenoxy) is 4. The van der Waals surface area contributed by atoms with Crippen LogP contribution in [0.3, 0.4) is 0 Å². The van der Waals surface area contributed by atoms with E-state index in [-0.39, 0.29) is 32.0 Å². The highest BCUT2D eigenvalue weighted by atomic mass is 16.7. The predicted octanol–water partition coefficient (Wildman–Crippen LogP) is 12.4. The van der Waals surface area contributed by atoms with Gasteiger partial charge in [0.05, 0.1) is 13.2 Å². The minimum absolute atomic E-state index is 0.178. The minimum atomic E-state index is -1.60. The van der Waals surface area contributed by atoms with Gasteiger partial charge in [0.2, 0.25) is 0 Å². The number of aliphatic hydroxyl groups is 4. The topological polar surface area (TPSA) is 152 Å². The van der Waals surface area contributed by atoms with Crippen LogP contribution in [0.15, 0.2) is 48.6 Å². The zero-order valence-corrected chi connectivity index (χ0v) is 40.8. The Morgan fingerprint density at radius 2 is 0.922 bits per heavy atom. The Bertz CT molecular complexity index is 1180. The van der Waals surface area contributed by atoms with Crippen molar-refractivity contribution in [2.45, 2.75) is 263 Å². The summed E-state index contributed by atoms with van der Waals surface area (Å²) in [7, 11) is 0. The Hall–Kier alpha value is -2.34. The fraction of sp³-hybridized carbons (Fsp3) is 0.815. The normalized spacial score (nSPS) is 19.8. The lowest BCUT2D eigenvalue weighted by atomic mass is 9.99. The lowest BCUT2D eigenvalue weighted by molar-refractivity contribution is -0.305. The van der Waals surface area contributed by atoms with Crippen molar-refractivity contribution in [3.8, 4) is 0 Å². The van der Waals surface area contributed by atoms with E-state index in [2.05, 4.69) is 62.5 Å². The molecule has 0 radical (unpaired) electrons. The van der Waals surface area contributed by atoms with E-state index < -0.39 is 49.4 Å². The third-order valence-electron chi connectivity index (χ3n) is 12.0. The van der Waals surface area contributed by atoms with Gasteiger partial charge in [-0.2, -0.15) is 0 Å². The summed E-state index contributed by atoms with van der Waals surface area (Å²) in [5, 5.41) is 40.2. The molecule has 1 fully saturated rings. The van der Waals surface area contributed by atoms with E-state index >= 15 is 0 Å². The van der Waals surface area contributed by atoms with E-state index in [4.69, 9.17) is 18.9 Å². The van der Waals surface area contributed by atoms with Gasteiger partial charge in [-0.15, -0.1) is 0 Å². The molecule has 4 N–H and O–H groups in total. The lowest BCUT2D eigenvalue weighted by Crippen LogP contribution is -2.59. The molecular formula is C54H96O10. The largest absolute Gasteiger partial charge is 0.462 e. The molecule has 0 aromatic heterocycles. The van der Waals surface area contributed by atoms with E-state index in [0.717, 1.165) is 57.8 Å². The van der Waals surface area contributed by atoms with Gasteiger partial charge in [0.15, 0.2) is 12.4 Å². The fourth-order valence-electron chi connectivity index (χ4n) is 7.89. The molecule has 6 atom stereocenters. The third kappa shape index (κ3) is 34.9. The van der Waals surface area contributed by atoms with Crippen LogP contribution in [-0.2, 0) is 28.5 Å². The van der Waals surface area contributed by atoms with Crippen molar-refractivity contribution in [3.63, 3.8) is 0 Å². The van der Waals surface area contributed by atoms with Crippen LogP contribution in [-0.4, -0.2) is 89.0 Å². The quantitative estimate of drug-likeness (QED) is 0.0264. The molecule has 1 heterocycles. The standard InChI is InChI=1S/C54H96O10/c1-3-5-7-9-11-13-15-17-19-20-21-22-23-24-25-26-27-29-30-32-34-36-38-40-42-49(56)61-45-47(46-62-54-53(60)52(59)51(58)48(44-55)64-54)63-50(57)43-41-39-37-35-33-31-28-18-16-14-12-10-8-6-4-2/h6,8,12,14,18,28,33,35,47-48,51-55,58-60H,3-5,7,9-11,13,15-17,19-27,29-32,34,36-46H2,1-2H3/b8-6-,14-12-,28-18-,35-33-. The third-order valence-corrected chi connectivity index (χ3v) is 12.0. The Kier molecular flexibility index (Phi) is 41.5. The first-order valence-electron chi connectivity index (χ1n) is 26.2. The molecular weight excluding hydrogens is 809 g/mol. The second-order valence-corrected chi connectivity index (χ2v) is 18.0. The van der Waals surface area contributed by atoms with E-state index in [1.54, 1.807) is 0 Å². The highest BCUT2D eigenvalue weighted by Gasteiger charge is 2.44. The average Bonchev–Trinajstić information content (AvgIpc) is 3.29. The summed E-state index contributed by atoms with van der Waals surface area (Å²) in [6.45, 7) is 3.30. The molecule has 1 aliphatic rings. The summed E-state index contributed by atoms with van der Waals surface area (Å²) in [6.07, 6.45) is 47.1. The summed E-state index contributed by atoms with van der Waals surface area (Å²) in [4.78, 5) is 25.4. The molecule has 1 rings (SSSR count). The summed E-state index contributed by atoms with van der Waals surface area (Å²) in [5.74, 6) is -0.848. The van der Waals surface area contributed by atoms with Gasteiger partial charge in [-0.25, -0.2) is 0 Å². The first-order chi connectivity index (χ1) is 31.3. The Labute approximate surface area is 390 Å². The van der Waals surface area contributed by atoms with Crippen molar-refractivity contribution in [3.05, 3.63) is 48.6 Å². The Morgan fingerprint density at radius 1 is 0.500 bits per heavy atom. The smallest absolute Gasteiger partial charge is 0.306 e. The number of esters is 2.